The van der Waals surface area contributed by atoms with Crippen LogP contribution < -0.4 is 5.32 Å². The molecule has 1 atom stereocenters. The van der Waals surface area contributed by atoms with Crippen molar-refractivity contribution in [2.24, 2.45) is 0 Å². The molecule has 0 aliphatic rings. The van der Waals surface area contributed by atoms with Gasteiger partial charge in [-0.2, -0.15) is 5.10 Å². The van der Waals surface area contributed by atoms with E-state index in [9.17, 15) is 9.18 Å². The summed E-state index contributed by atoms with van der Waals surface area (Å²) < 4.78 is 19.7. The SMILES string of the molecule is COC(=O)[C@H](Nc1cnn(C(C)(C)C)c1)c1ccc(F)cc1. The molecule has 0 aliphatic heterocycles. The minimum Gasteiger partial charge on any atom is -0.467 e. The summed E-state index contributed by atoms with van der Waals surface area (Å²) in [5.41, 5.74) is 1.16. The highest BCUT2D eigenvalue weighted by Crippen LogP contribution is 2.23. The number of rotatable bonds is 4. The highest BCUT2D eigenvalue weighted by atomic mass is 19.1. The number of hydrogen-bond acceptors (Lipinski definition) is 4. The first kappa shape index (κ1) is 16.0. The predicted molar refractivity (Wildman–Crippen MR) is 82.0 cm³/mol. The van der Waals surface area contributed by atoms with Crippen molar-refractivity contribution in [1.29, 1.82) is 0 Å². The van der Waals surface area contributed by atoms with Crippen LogP contribution in [0.5, 0.6) is 0 Å². The molecule has 0 amide bonds. The van der Waals surface area contributed by atoms with Crippen molar-refractivity contribution in [3.8, 4) is 0 Å². The number of carbonyl (C=O) groups is 1. The first-order valence-corrected chi connectivity index (χ1v) is 6.96. The normalized spacial score (nSPS) is 12.8. The number of anilines is 1. The summed E-state index contributed by atoms with van der Waals surface area (Å²) in [5.74, 6) is -0.803. The molecule has 0 unspecified atom stereocenters. The fourth-order valence-corrected chi connectivity index (χ4v) is 1.98. The standard InChI is InChI=1S/C16H20FN3O2/c1-16(2,3)20-10-13(9-18-20)19-14(15(21)22-4)11-5-7-12(17)8-6-11/h5-10,14,19H,1-4H3/t14-/m1/s1. The second-order valence-electron chi connectivity index (χ2n) is 6.00. The van der Waals surface area contributed by atoms with Gasteiger partial charge in [-0.3, -0.25) is 4.68 Å². The number of ether oxygens (including phenoxy) is 1. The van der Waals surface area contributed by atoms with Crippen molar-refractivity contribution in [2.75, 3.05) is 12.4 Å². The Hall–Kier alpha value is -2.37. The van der Waals surface area contributed by atoms with Crippen LogP contribution in [0.25, 0.3) is 0 Å². The van der Waals surface area contributed by atoms with Gasteiger partial charge in [-0.25, -0.2) is 9.18 Å². The van der Waals surface area contributed by atoms with Gasteiger partial charge in [-0.05, 0) is 38.5 Å². The molecule has 0 bridgehead atoms. The fourth-order valence-electron chi connectivity index (χ4n) is 1.98. The minimum absolute atomic E-state index is 0.156. The van der Waals surface area contributed by atoms with Gasteiger partial charge >= 0.3 is 5.97 Å². The summed E-state index contributed by atoms with van der Waals surface area (Å²) in [6, 6.07) is 5.01. The van der Waals surface area contributed by atoms with Crippen LogP contribution in [0.4, 0.5) is 10.1 Å². The third kappa shape index (κ3) is 3.63. The molecule has 2 rings (SSSR count). The van der Waals surface area contributed by atoms with Gasteiger partial charge in [0, 0.05) is 6.20 Å². The monoisotopic (exact) mass is 305 g/mol. The summed E-state index contributed by atoms with van der Waals surface area (Å²) >= 11 is 0. The molecule has 0 aliphatic carbocycles. The maximum Gasteiger partial charge on any atom is 0.332 e. The molecule has 118 valence electrons. The number of halogens is 1. The summed E-state index contributed by atoms with van der Waals surface area (Å²) in [5, 5.41) is 7.35. The van der Waals surface area contributed by atoms with E-state index < -0.39 is 12.0 Å². The van der Waals surface area contributed by atoms with Gasteiger partial charge in [0.2, 0.25) is 0 Å². The van der Waals surface area contributed by atoms with Gasteiger partial charge in [0.1, 0.15) is 5.82 Å². The number of carbonyl (C=O) groups excluding carboxylic acids is 1. The zero-order chi connectivity index (χ0) is 16.3. The number of esters is 1. The molecule has 0 fully saturated rings. The van der Waals surface area contributed by atoms with Crippen molar-refractivity contribution in [1.82, 2.24) is 9.78 Å². The smallest absolute Gasteiger partial charge is 0.332 e. The van der Waals surface area contributed by atoms with Crippen LogP contribution in [-0.4, -0.2) is 22.9 Å². The molecule has 22 heavy (non-hydrogen) atoms. The van der Waals surface area contributed by atoms with Crippen LogP contribution in [0, 0.1) is 5.82 Å². The van der Waals surface area contributed by atoms with Crippen LogP contribution in [0.3, 0.4) is 0 Å². The van der Waals surface area contributed by atoms with Crippen LogP contribution >= 0.6 is 0 Å². The summed E-state index contributed by atoms with van der Waals surface area (Å²) in [6.45, 7) is 6.09. The largest absolute Gasteiger partial charge is 0.467 e. The van der Waals surface area contributed by atoms with Crippen molar-refractivity contribution in [3.63, 3.8) is 0 Å². The van der Waals surface area contributed by atoms with E-state index >= 15 is 0 Å². The average Bonchev–Trinajstić information content (AvgIpc) is 2.94. The number of nitrogens with zero attached hydrogens (tertiary/aromatic N) is 2. The molecule has 0 saturated heterocycles. The highest BCUT2D eigenvalue weighted by molar-refractivity contribution is 5.80. The van der Waals surface area contributed by atoms with Crippen LogP contribution in [0.2, 0.25) is 0 Å². The lowest BCUT2D eigenvalue weighted by Gasteiger charge is -2.19. The second kappa shape index (κ2) is 6.17. The number of aromatic nitrogens is 2. The molecule has 1 N–H and O–H groups in total. The topological polar surface area (TPSA) is 56.1 Å². The second-order valence-corrected chi connectivity index (χ2v) is 6.00. The van der Waals surface area contributed by atoms with E-state index in [1.807, 2.05) is 27.0 Å². The van der Waals surface area contributed by atoms with Gasteiger partial charge in [0.15, 0.2) is 6.04 Å². The van der Waals surface area contributed by atoms with Crippen molar-refractivity contribution >= 4 is 11.7 Å². The molecule has 1 heterocycles. The van der Waals surface area contributed by atoms with E-state index in [1.165, 1.54) is 19.2 Å². The maximum atomic E-state index is 13.0. The van der Waals surface area contributed by atoms with E-state index in [2.05, 4.69) is 10.4 Å². The van der Waals surface area contributed by atoms with Gasteiger partial charge in [0.25, 0.3) is 0 Å². The van der Waals surface area contributed by atoms with Gasteiger partial charge < -0.3 is 10.1 Å². The van der Waals surface area contributed by atoms with Gasteiger partial charge in [-0.1, -0.05) is 12.1 Å². The zero-order valence-corrected chi connectivity index (χ0v) is 13.1. The van der Waals surface area contributed by atoms with Crippen molar-refractivity contribution in [3.05, 3.63) is 48.0 Å². The number of benzene rings is 1. The van der Waals surface area contributed by atoms with Crippen molar-refractivity contribution in [2.45, 2.75) is 32.4 Å². The molecular weight excluding hydrogens is 285 g/mol. The first-order valence-electron chi connectivity index (χ1n) is 6.96. The predicted octanol–water partition coefficient (Wildman–Crippen LogP) is 3.10. The lowest BCUT2D eigenvalue weighted by molar-refractivity contribution is -0.141. The number of methoxy groups -OCH3 is 1. The molecule has 1 aromatic carbocycles. The van der Waals surface area contributed by atoms with E-state index in [4.69, 9.17) is 4.74 Å². The van der Waals surface area contributed by atoms with E-state index in [-0.39, 0.29) is 11.4 Å². The van der Waals surface area contributed by atoms with E-state index in [0.717, 1.165) is 0 Å². The summed E-state index contributed by atoms with van der Waals surface area (Å²) in [7, 11) is 1.32. The molecule has 6 heteroatoms. The highest BCUT2D eigenvalue weighted by Gasteiger charge is 2.23. The van der Waals surface area contributed by atoms with Crippen molar-refractivity contribution < 1.29 is 13.9 Å². The Labute approximate surface area is 129 Å². The Kier molecular flexibility index (Phi) is 4.49. The Morgan fingerprint density at radius 2 is 1.95 bits per heavy atom. The Morgan fingerprint density at radius 3 is 2.45 bits per heavy atom. The molecule has 5 nitrogen and oxygen atoms in total. The fraction of sp³-hybridized carbons (Fsp3) is 0.375. The first-order chi connectivity index (χ1) is 10.3. The van der Waals surface area contributed by atoms with Crippen LogP contribution in [0.1, 0.15) is 32.4 Å². The van der Waals surface area contributed by atoms with Crippen LogP contribution in [0.15, 0.2) is 36.7 Å². The van der Waals surface area contributed by atoms with Gasteiger partial charge in [-0.15, -0.1) is 0 Å². The lowest BCUT2D eigenvalue weighted by Crippen LogP contribution is -2.23. The summed E-state index contributed by atoms with van der Waals surface area (Å²) in [4.78, 5) is 12.0. The summed E-state index contributed by atoms with van der Waals surface area (Å²) in [6.07, 6.45) is 3.46. The third-order valence-corrected chi connectivity index (χ3v) is 3.22. The minimum atomic E-state index is -0.719. The number of hydrogen-bond donors (Lipinski definition) is 1. The van der Waals surface area contributed by atoms with E-state index in [0.29, 0.717) is 11.3 Å². The molecule has 2 aromatic rings. The van der Waals surface area contributed by atoms with Crippen LogP contribution in [-0.2, 0) is 15.1 Å². The Balaban J connectivity index is 2.26. The van der Waals surface area contributed by atoms with Gasteiger partial charge in [0.05, 0.1) is 24.5 Å². The lowest BCUT2D eigenvalue weighted by atomic mass is 10.1. The quantitative estimate of drug-likeness (QED) is 0.882. The Bertz CT molecular complexity index is 644. The molecular formula is C16H20FN3O2. The molecule has 0 spiro atoms. The molecule has 1 aromatic heterocycles. The van der Waals surface area contributed by atoms with E-state index in [1.54, 1.807) is 23.0 Å². The third-order valence-electron chi connectivity index (χ3n) is 3.22. The average molecular weight is 305 g/mol. The molecule has 0 radical (unpaired) electrons. The molecule has 0 saturated carbocycles. The zero-order valence-electron chi connectivity index (χ0n) is 13.1. The Morgan fingerprint density at radius 1 is 1.32 bits per heavy atom. The number of nitrogens with one attached hydrogen (secondary N) is 1. The maximum absolute atomic E-state index is 13.0.